The molecule has 0 saturated heterocycles. The first-order valence-electron chi connectivity index (χ1n) is 5.28. The molecule has 1 N–H and O–H groups in total. The highest BCUT2D eigenvalue weighted by Crippen LogP contribution is 2.32. The van der Waals surface area contributed by atoms with E-state index in [-0.39, 0.29) is 5.75 Å². The quantitative estimate of drug-likeness (QED) is 0.915. The van der Waals surface area contributed by atoms with E-state index in [1.54, 1.807) is 19.2 Å². The lowest BCUT2D eigenvalue weighted by Crippen LogP contribution is -1.83. The Bertz CT molecular complexity index is 588. The zero-order valence-corrected chi connectivity index (χ0v) is 10.6. The number of nitrogens with zero attached hydrogens (tertiary/aromatic N) is 1. The van der Waals surface area contributed by atoms with E-state index in [0.29, 0.717) is 5.56 Å². The summed E-state index contributed by atoms with van der Waals surface area (Å²) in [7, 11) is 1.62. The predicted octanol–water partition coefficient (Wildman–Crippen LogP) is 3.42. The van der Waals surface area contributed by atoms with Crippen LogP contribution in [0.15, 0.2) is 52.3 Å². The van der Waals surface area contributed by atoms with E-state index in [1.807, 2.05) is 24.3 Å². The van der Waals surface area contributed by atoms with Crippen LogP contribution in [0.1, 0.15) is 5.56 Å². The molecule has 2 rings (SSSR count). The molecule has 0 fully saturated rings. The molecule has 0 unspecified atom stereocenters. The summed E-state index contributed by atoms with van der Waals surface area (Å²) in [5, 5.41) is 18.3. The Labute approximate surface area is 110 Å². The number of phenolic OH excluding ortho intramolecular Hbond substituents is 1. The molecule has 0 saturated carbocycles. The number of methoxy groups -OCH3 is 1. The van der Waals surface area contributed by atoms with Gasteiger partial charge in [-0.05, 0) is 42.5 Å². The second-order valence-corrected chi connectivity index (χ2v) is 4.69. The van der Waals surface area contributed by atoms with Gasteiger partial charge in [0.1, 0.15) is 17.6 Å². The monoisotopic (exact) mass is 257 g/mol. The molecule has 4 heteroatoms. The number of hydrogen-bond acceptors (Lipinski definition) is 4. The van der Waals surface area contributed by atoms with Gasteiger partial charge in [0.05, 0.1) is 12.7 Å². The maximum atomic E-state index is 9.33. The van der Waals surface area contributed by atoms with E-state index in [0.717, 1.165) is 15.5 Å². The molecule has 0 aliphatic heterocycles. The third kappa shape index (κ3) is 2.76. The second-order valence-electron chi connectivity index (χ2n) is 3.57. The summed E-state index contributed by atoms with van der Waals surface area (Å²) in [5.41, 5.74) is 0.468. The van der Waals surface area contributed by atoms with Crippen LogP contribution >= 0.6 is 11.8 Å². The van der Waals surface area contributed by atoms with Crippen molar-refractivity contribution in [2.45, 2.75) is 9.79 Å². The van der Waals surface area contributed by atoms with Crippen LogP contribution in [-0.4, -0.2) is 12.2 Å². The molecule has 0 heterocycles. The number of ether oxygens (including phenoxy) is 1. The number of benzene rings is 2. The van der Waals surface area contributed by atoms with Crippen LogP contribution in [0.3, 0.4) is 0 Å². The molecule has 2 aromatic carbocycles. The fourth-order valence-corrected chi connectivity index (χ4v) is 2.34. The van der Waals surface area contributed by atoms with Crippen LogP contribution in [-0.2, 0) is 0 Å². The summed E-state index contributed by atoms with van der Waals surface area (Å²) in [6.45, 7) is 0. The van der Waals surface area contributed by atoms with Crippen LogP contribution in [0.5, 0.6) is 11.5 Å². The Morgan fingerprint density at radius 2 is 1.89 bits per heavy atom. The Kier molecular flexibility index (Phi) is 3.75. The summed E-state index contributed by atoms with van der Waals surface area (Å²) in [5.74, 6) is 0.899. The minimum absolute atomic E-state index is 0.102. The van der Waals surface area contributed by atoms with Gasteiger partial charge in [0.15, 0.2) is 0 Å². The molecule has 2 aromatic rings. The zero-order chi connectivity index (χ0) is 13.0. The molecule has 18 heavy (non-hydrogen) atoms. The van der Waals surface area contributed by atoms with Crippen molar-refractivity contribution in [2.75, 3.05) is 7.11 Å². The van der Waals surface area contributed by atoms with Gasteiger partial charge in [-0.15, -0.1) is 0 Å². The van der Waals surface area contributed by atoms with Crippen molar-refractivity contribution in [3.05, 3.63) is 48.0 Å². The van der Waals surface area contributed by atoms with Crippen molar-refractivity contribution in [1.82, 2.24) is 0 Å². The molecule has 0 spiro atoms. The van der Waals surface area contributed by atoms with Gasteiger partial charge in [-0.2, -0.15) is 5.26 Å². The Morgan fingerprint density at radius 1 is 1.17 bits per heavy atom. The van der Waals surface area contributed by atoms with Gasteiger partial charge in [-0.1, -0.05) is 11.8 Å². The molecule has 0 amide bonds. The Hall–Kier alpha value is -2.12. The number of nitriles is 1. The average molecular weight is 257 g/mol. The summed E-state index contributed by atoms with van der Waals surface area (Å²) < 4.78 is 5.09. The highest BCUT2D eigenvalue weighted by molar-refractivity contribution is 7.99. The van der Waals surface area contributed by atoms with E-state index in [4.69, 9.17) is 10.00 Å². The van der Waals surface area contributed by atoms with Crippen molar-refractivity contribution in [3.63, 3.8) is 0 Å². The van der Waals surface area contributed by atoms with Gasteiger partial charge in [0, 0.05) is 9.79 Å². The number of rotatable bonds is 3. The molecule has 0 radical (unpaired) electrons. The second kappa shape index (κ2) is 5.48. The molecule has 0 bridgehead atoms. The zero-order valence-electron chi connectivity index (χ0n) is 9.75. The third-order valence-corrected chi connectivity index (χ3v) is 3.45. The first-order chi connectivity index (χ1) is 8.72. The molecule has 0 atom stereocenters. The van der Waals surface area contributed by atoms with Crippen LogP contribution < -0.4 is 4.74 Å². The molecular weight excluding hydrogens is 246 g/mol. The Morgan fingerprint density at radius 3 is 2.50 bits per heavy atom. The lowest BCUT2D eigenvalue weighted by Gasteiger charge is -2.05. The minimum Gasteiger partial charge on any atom is -0.508 e. The normalized spacial score (nSPS) is 9.78. The van der Waals surface area contributed by atoms with Crippen LogP contribution in [0.25, 0.3) is 0 Å². The van der Waals surface area contributed by atoms with E-state index in [2.05, 4.69) is 6.07 Å². The van der Waals surface area contributed by atoms with Gasteiger partial charge in [-0.25, -0.2) is 0 Å². The predicted molar refractivity (Wildman–Crippen MR) is 69.9 cm³/mol. The molecule has 3 nitrogen and oxygen atoms in total. The van der Waals surface area contributed by atoms with E-state index in [1.165, 1.54) is 17.8 Å². The first-order valence-corrected chi connectivity index (χ1v) is 6.09. The Balaban J connectivity index is 2.25. The maximum Gasteiger partial charge on any atom is 0.118 e. The van der Waals surface area contributed by atoms with E-state index >= 15 is 0 Å². The molecule has 0 aromatic heterocycles. The highest BCUT2D eigenvalue weighted by atomic mass is 32.2. The topological polar surface area (TPSA) is 53.2 Å². The fourth-order valence-electron chi connectivity index (χ4n) is 1.47. The first kappa shape index (κ1) is 12.3. The molecular formula is C14H11NO2S. The van der Waals surface area contributed by atoms with Gasteiger partial charge in [0.25, 0.3) is 0 Å². The lowest BCUT2D eigenvalue weighted by molar-refractivity contribution is 0.414. The smallest absolute Gasteiger partial charge is 0.118 e. The summed E-state index contributed by atoms with van der Waals surface area (Å²) in [6, 6.07) is 14.4. The van der Waals surface area contributed by atoms with Gasteiger partial charge in [-0.3, -0.25) is 0 Å². The van der Waals surface area contributed by atoms with Crippen molar-refractivity contribution in [2.24, 2.45) is 0 Å². The van der Waals surface area contributed by atoms with Crippen LogP contribution in [0.4, 0.5) is 0 Å². The van der Waals surface area contributed by atoms with Crippen molar-refractivity contribution >= 4 is 11.8 Å². The third-order valence-electron chi connectivity index (χ3n) is 2.37. The van der Waals surface area contributed by atoms with Crippen molar-refractivity contribution < 1.29 is 9.84 Å². The minimum atomic E-state index is 0.102. The number of hydrogen-bond donors (Lipinski definition) is 1. The largest absolute Gasteiger partial charge is 0.508 e. The molecule has 0 aliphatic rings. The summed E-state index contributed by atoms with van der Waals surface area (Å²) >= 11 is 1.48. The van der Waals surface area contributed by atoms with Crippen molar-refractivity contribution in [1.29, 1.82) is 5.26 Å². The fraction of sp³-hybridized carbons (Fsp3) is 0.0714. The van der Waals surface area contributed by atoms with E-state index in [9.17, 15) is 5.11 Å². The summed E-state index contributed by atoms with van der Waals surface area (Å²) in [4.78, 5) is 1.83. The highest BCUT2D eigenvalue weighted by Gasteiger charge is 2.05. The maximum absolute atomic E-state index is 9.33. The van der Waals surface area contributed by atoms with Crippen LogP contribution in [0.2, 0.25) is 0 Å². The SMILES string of the molecule is COc1ccc(Sc2ccc(O)cc2C#N)cc1. The van der Waals surface area contributed by atoms with Gasteiger partial charge >= 0.3 is 0 Å². The summed E-state index contributed by atoms with van der Waals surface area (Å²) in [6.07, 6.45) is 0. The van der Waals surface area contributed by atoms with Gasteiger partial charge in [0.2, 0.25) is 0 Å². The molecule has 0 aliphatic carbocycles. The standard InChI is InChI=1S/C14H11NO2S/c1-17-12-3-5-13(6-4-12)18-14-7-2-11(16)8-10(14)9-15/h2-8,16H,1H3. The van der Waals surface area contributed by atoms with E-state index < -0.39 is 0 Å². The molecule has 90 valence electrons. The lowest BCUT2D eigenvalue weighted by atomic mass is 10.2. The average Bonchev–Trinajstić information content (AvgIpc) is 2.41. The van der Waals surface area contributed by atoms with Gasteiger partial charge < -0.3 is 9.84 Å². The van der Waals surface area contributed by atoms with Crippen molar-refractivity contribution in [3.8, 4) is 17.6 Å². The number of phenols is 1. The number of aromatic hydroxyl groups is 1. The van der Waals surface area contributed by atoms with Crippen LogP contribution in [0, 0.1) is 11.3 Å².